The molecule has 3 aliphatic rings. The molecule has 3 amide bonds. The largest absolute Gasteiger partial charge is 0.352 e. The Morgan fingerprint density at radius 2 is 1.79 bits per heavy atom. The first-order chi connectivity index (χ1) is 8.99. The maximum atomic E-state index is 12.3. The second-order valence-electron chi connectivity index (χ2n) is 5.98. The normalized spacial score (nSPS) is 35.4. The third-order valence-electron chi connectivity index (χ3n) is 4.31. The summed E-state index contributed by atoms with van der Waals surface area (Å²) in [5, 5.41) is 2.71. The van der Waals surface area contributed by atoms with Gasteiger partial charge in [-0.2, -0.15) is 0 Å². The van der Waals surface area contributed by atoms with E-state index in [0.717, 1.165) is 11.3 Å². The summed E-state index contributed by atoms with van der Waals surface area (Å²) in [7, 11) is 0. The van der Waals surface area contributed by atoms with Crippen LogP contribution in [-0.2, 0) is 14.4 Å². The molecule has 102 valence electrons. The van der Waals surface area contributed by atoms with Crippen LogP contribution >= 0.6 is 0 Å². The maximum Gasteiger partial charge on any atom is 0.240 e. The predicted molar refractivity (Wildman–Crippen MR) is 67.7 cm³/mol. The number of carbonyl (C=O) groups is 3. The molecule has 4 atom stereocenters. The van der Waals surface area contributed by atoms with Crippen molar-refractivity contribution < 1.29 is 14.4 Å². The van der Waals surface area contributed by atoms with Gasteiger partial charge in [0.05, 0.1) is 11.8 Å². The number of hydrogen-bond donors (Lipinski definition) is 1. The monoisotopic (exact) mass is 262 g/mol. The Morgan fingerprint density at radius 1 is 1.26 bits per heavy atom. The zero-order chi connectivity index (χ0) is 13.7. The van der Waals surface area contributed by atoms with Crippen molar-refractivity contribution in [2.24, 2.45) is 23.7 Å². The SMILES string of the molecule is CC(C)NC(=O)CN1C(=O)C2C3C=CC(C3)C2C1=O. The molecule has 1 heterocycles. The van der Waals surface area contributed by atoms with Gasteiger partial charge >= 0.3 is 0 Å². The minimum atomic E-state index is -0.267. The zero-order valence-corrected chi connectivity index (χ0v) is 11.1. The number of rotatable bonds is 3. The van der Waals surface area contributed by atoms with E-state index in [1.165, 1.54) is 0 Å². The fourth-order valence-corrected chi connectivity index (χ4v) is 3.63. The molecule has 0 spiro atoms. The highest BCUT2D eigenvalue weighted by molar-refractivity contribution is 6.08. The first kappa shape index (κ1) is 12.4. The van der Waals surface area contributed by atoms with Gasteiger partial charge in [0.25, 0.3) is 0 Å². The molecule has 2 fully saturated rings. The van der Waals surface area contributed by atoms with Gasteiger partial charge in [0.15, 0.2) is 0 Å². The van der Waals surface area contributed by atoms with Gasteiger partial charge in [-0.25, -0.2) is 0 Å². The first-order valence-electron chi connectivity index (χ1n) is 6.82. The Morgan fingerprint density at radius 3 is 2.26 bits per heavy atom. The average Bonchev–Trinajstić information content (AvgIpc) is 2.97. The van der Waals surface area contributed by atoms with Gasteiger partial charge < -0.3 is 5.32 Å². The third-order valence-corrected chi connectivity index (χ3v) is 4.31. The molecule has 0 aromatic heterocycles. The lowest BCUT2D eigenvalue weighted by molar-refractivity contribution is -0.144. The van der Waals surface area contributed by atoms with Crippen molar-refractivity contribution in [2.45, 2.75) is 26.3 Å². The number of nitrogens with zero attached hydrogens (tertiary/aromatic N) is 1. The second-order valence-corrected chi connectivity index (χ2v) is 5.98. The van der Waals surface area contributed by atoms with Crippen LogP contribution < -0.4 is 5.32 Å². The highest BCUT2D eigenvalue weighted by Crippen LogP contribution is 2.52. The van der Waals surface area contributed by atoms with Crippen molar-refractivity contribution in [3.05, 3.63) is 12.2 Å². The van der Waals surface area contributed by atoms with Gasteiger partial charge in [-0.05, 0) is 32.1 Å². The van der Waals surface area contributed by atoms with Crippen LogP contribution in [0.2, 0.25) is 0 Å². The van der Waals surface area contributed by atoms with Gasteiger partial charge in [-0.15, -0.1) is 0 Å². The predicted octanol–water partition coefficient (Wildman–Crippen LogP) is 0.318. The fraction of sp³-hybridized carbons (Fsp3) is 0.643. The van der Waals surface area contributed by atoms with Crippen LogP contribution in [0.4, 0.5) is 0 Å². The van der Waals surface area contributed by atoms with Crippen LogP contribution in [0.25, 0.3) is 0 Å². The number of carbonyl (C=O) groups excluding carboxylic acids is 3. The number of nitrogens with one attached hydrogen (secondary N) is 1. The molecule has 4 unspecified atom stereocenters. The molecule has 1 saturated carbocycles. The van der Waals surface area contributed by atoms with E-state index in [1.807, 2.05) is 13.8 Å². The van der Waals surface area contributed by atoms with Crippen molar-refractivity contribution in [1.29, 1.82) is 0 Å². The molecular formula is C14H18N2O3. The summed E-state index contributed by atoms with van der Waals surface area (Å²) in [5.41, 5.74) is 0. The quantitative estimate of drug-likeness (QED) is 0.588. The molecule has 1 N–H and O–H groups in total. The number of amides is 3. The summed E-state index contributed by atoms with van der Waals surface area (Å²) in [6.45, 7) is 3.57. The van der Waals surface area contributed by atoms with Crippen molar-refractivity contribution in [3.63, 3.8) is 0 Å². The Hall–Kier alpha value is -1.65. The lowest BCUT2D eigenvalue weighted by Gasteiger charge is -2.17. The van der Waals surface area contributed by atoms with Crippen LogP contribution in [0.1, 0.15) is 20.3 Å². The number of hydrogen-bond acceptors (Lipinski definition) is 3. The fourth-order valence-electron chi connectivity index (χ4n) is 3.63. The summed E-state index contributed by atoms with van der Waals surface area (Å²) < 4.78 is 0. The summed E-state index contributed by atoms with van der Waals surface area (Å²) in [6.07, 6.45) is 5.02. The van der Waals surface area contributed by atoms with E-state index in [0.29, 0.717) is 0 Å². The molecule has 0 aromatic carbocycles. The highest BCUT2D eigenvalue weighted by atomic mass is 16.2. The first-order valence-corrected chi connectivity index (χ1v) is 6.82. The van der Waals surface area contributed by atoms with Crippen molar-refractivity contribution in [1.82, 2.24) is 10.2 Å². The Labute approximate surface area is 112 Å². The van der Waals surface area contributed by atoms with Crippen LogP contribution in [0.15, 0.2) is 12.2 Å². The summed E-state index contributed by atoms with van der Waals surface area (Å²) in [6, 6.07) is 0.0117. The zero-order valence-electron chi connectivity index (χ0n) is 11.1. The number of allylic oxidation sites excluding steroid dienone is 2. The van der Waals surface area contributed by atoms with Crippen molar-refractivity contribution in [2.75, 3.05) is 6.54 Å². The minimum absolute atomic E-state index is 0.0117. The molecule has 0 radical (unpaired) electrons. The Bertz CT molecular complexity index is 453. The maximum absolute atomic E-state index is 12.3. The molecule has 2 bridgehead atoms. The van der Waals surface area contributed by atoms with Crippen LogP contribution in [0.5, 0.6) is 0 Å². The number of fused-ring (bicyclic) bond motifs is 5. The van der Waals surface area contributed by atoms with Crippen molar-refractivity contribution >= 4 is 17.7 Å². The number of likely N-dealkylation sites (tertiary alicyclic amines) is 1. The Kier molecular flexibility index (Phi) is 2.73. The molecule has 5 nitrogen and oxygen atoms in total. The second kappa shape index (κ2) is 4.18. The molecule has 1 saturated heterocycles. The van der Waals surface area contributed by atoms with Gasteiger partial charge in [0, 0.05) is 6.04 Å². The third kappa shape index (κ3) is 1.79. The Balaban J connectivity index is 1.74. The van der Waals surface area contributed by atoms with E-state index < -0.39 is 0 Å². The van der Waals surface area contributed by atoms with Crippen LogP contribution in [0.3, 0.4) is 0 Å². The lowest BCUT2D eigenvalue weighted by atomic mass is 9.85. The van der Waals surface area contributed by atoms with Crippen LogP contribution in [-0.4, -0.2) is 35.2 Å². The van der Waals surface area contributed by atoms with E-state index in [1.54, 1.807) is 0 Å². The molecule has 1 aliphatic heterocycles. The smallest absolute Gasteiger partial charge is 0.240 e. The summed E-state index contributed by atoms with van der Waals surface area (Å²) in [5.74, 6) is -0.619. The molecule has 19 heavy (non-hydrogen) atoms. The van der Waals surface area contributed by atoms with Gasteiger partial charge in [-0.1, -0.05) is 12.2 Å². The van der Waals surface area contributed by atoms with Gasteiger partial charge in [0.1, 0.15) is 6.54 Å². The minimum Gasteiger partial charge on any atom is -0.352 e. The van der Waals surface area contributed by atoms with Gasteiger partial charge in [0.2, 0.25) is 17.7 Å². The highest BCUT2D eigenvalue weighted by Gasteiger charge is 2.59. The van der Waals surface area contributed by atoms with E-state index >= 15 is 0 Å². The van der Waals surface area contributed by atoms with E-state index in [9.17, 15) is 14.4 Å². The van der Waals surface area contributed by atoms with Crippen molar-refractivity contribution in [3.8, 4) is 0 Å². The summed E-state index contributed by atoms with van der Waals surface area (Å²) in [4.78, 5) is 37.5. The number of imide groups is 1. The molecular weight excluding hydrogens is 244 g/mol. The van der Waals surface area contributed by atoms with Crippen LogP contribution in [0, 0.1) is 23.7 Å². The molecule has 3 rings (SSSR count). The topological polar surface area (TPSA) is 66.5 Å². The molecule has 2 aliphatic carbocycles. The van der Waals surface area contributed by atoms with E-state index in [2.05, 4.69) is 17.5 Å². The summed E-state index contributed by atoms with van der Waals surface area (Å²) >= 11 is 0. The van der Waals surface area contributed by atoms with Gasteiger partial charge in [-0.3, -0.25) is 19.3 Å². The average molecular weight is 262 g/mol. The molecule has 0 aromatic rings. The lowest BCUT2D eigenvalue weighted by Crippen LogP contribution is -2.43. The van der Waals surface area contributed by atoms with E-state index in [-0.39, 0.29) is 54.0 Å². The van der Waals surface area contributed by atoms with E-state index in [4.69, 9.17) is 0 Å². The molecule has 5 heteroatoms. The standard InChI is InChI=1S/C14H18N2O3/c1-7(2)15-10(17)6-16-13(18)11-8-3-4-9(5-8)12(11)14(16)19/h3-4,7-9,11-12H,5-6H2,1-2H3,(H,15,17).